The SMILES string of the molecule is CCOC(=O)N1c2ccc(C)cc2[C@@H](N(Cc2cc(CF)cc(C(F)(F)F)c2)c2ccnc(I)n2)C[C@H]1CC. The van der Waals surface area contributed by atoms with Crippen LogP contribution in [0.3, 0.4) is 0 Å². The summed E-state index contributed by atoms with van der Waals surface area (Å²) in [6.45, 7) is 4.93. The molecule has 1 aliphatic heterocycles. The van der Waals surface area contributed by atoms with E-state index < -0.39 is 24.5 Å². The van der Waals surface area contributed by atoms with Crippen LogP contribution in [0.1, 0.15) is 60.5 Å². The number of amides is 1. The molecule has 11 heteroatoms. The molecule has 2 aromatic carbocycles. The molecular weight excluding hydrogens is 627 g/mol. The van der Waals surface area contributed by atoms with E-state index in [4.69, 9.17) is 4.74 Å². The highest BCUT2D eigenvalue weighted by atomic mass is 127. The molecule has 0 aliphatic carbocycles. The molecule has 0 bridgehead atoms. The molecule has 0 spiro atoms. The Morgan fingerprint density at radius 2 is 1.90 bits per heavy atom. The zero-order valence-electron chi connectivity index (χ0n) is 21.8. The van der Waals surface area contributed by atoms with E-state index in [0.717, 1.165) is 23.3 Å². The van der Waals surface area contributed by atoms with Crippen LogP contribution in [-0.2, 0) is 24.1 Å². The van der Waals surface area contributed by atoms with Gasteiger partial charge >= 0.3 is 12.3 Å². The third kappa shape index (κ3) is 6.44. The van der Waals surface area contributed by atoms with E-state index in [0.29, 0.717) is 33.7 Å². The average molecular weight is 656 g/mol. The number of hydrogen-bond acceptors (Lipinski definition) is 5. The van der Waals surface area contributed by atoms with Gasteiger partial charge in [-0.25, -0.2) is 19.2 Å². The van der Waals surface area contributed by atoms with Crippen LogP contribution in [0.4, 0.5) is 33.9 Å². The number of hydrogen-bond donors (Lipinski definition) is 0. The van der Waals surface area contributed by atoms with Gasteiger partial charge in [0.1, 0.15) is 12.5 Å². The van der Waals surface area contributed by atoms with Gasteiger partial charge in [-0.1, -0.05) is 30.7 Å². The summed E-state index contributed by atoms with van der Waals surface area (Å²) in [5, 5.41) is 0. The maximum absolute atomic E-state index is 13.7. The van der Waals surface area contributed by atoms with Crippen molar-refractivity contribution in [1.29, 1.82) is 0 Å². The number of ether oxygens (including phenoxy) is 1. The van der Waals surface area contributed by atoms with Crippen LogP contribution < -0.4 is 9.80 Å². The first-order valence-corrected chi connectivity index (χ1v) is 13.7. The Morgan fingerprint density at radius 1 is 1.15 bits per heavy atom. The Kier molecular flexibility index (Phi) is 8.97. The van der Waals surface area contributed by atoms with Crippen LogP contribution in [0.25, 0.3) is 0 Å². The van der Waals surface area contributed by atoms with E-state index in [1.807, 2.05) is 59.5 Å². The molecule has 1 aromatic heterocycles. The number of anilines is 2. The normalized spacial score (nSPS) is 17.1. The molecule has 0 radical (unpaired) electrons. The maximum atomic E-state index is 13.7. The fraction of sp³-hybridized carbons (Fsp3) is 0.393. The minimum absolute atomic E-state index is 0.0396. The molecule has 4 rings (SSSR count). The number of fused-ring (bicyclic) bond motifs is 1. The van der Waals surface area contributed by atoms with Gasteiger partial charge in [-0.15, -0.1) is 0 Å². The lowest BCUT2D eigenvalue weighted by Gasteiger charge is -2.44. The number of rotatable bonds is 7. The molecule has 3 aromatic rings. The van der Waals surface area contributed by atoms with Gasteiger partial charge in [0.15, 0.2) is 3.83 Å². The molecule has 208 valence electrons. The Balaban J connectivity index is 1.88. The van der Waals surface area contributed by atoms with E-state index in [-0.39, 0.29) is 30.8 Å². The molecule has 0 unspecified atom stereocenters. The number of aryl methyl sites for hydroxylation is 1. The fourth-order valence-corrected chi connectivity index (χ4v) is 5.47. The second-order valence-corrected chi connectivity index (χ2v) is 10.4. The lowest BCUT2D eigenvalue weighted by molar-refractivity contribution is -0.137. The van der Waals surface area contributed by atoms with Crippen molar-refractivity contribution in [3.63, 3.8) is 0 Å². The predicted octanol–water partition coefficient (Wildman–Crippen LogP) is 7.77. The smallest absolute Gasteiger partial charge is 0.416 e. The summed E-state index contributed by atoms with van der Waals surface area (Å²) >= 11 is 1.99. The first-order valence-electron chi connectivity index (χ1n) is 12.6. The zero-order chi connectivity index (χ0) is 28.3. The van der Waals surface area contributed by atoms with E-state index in [1.54, 1.807) is 24.1 Å². The molecular formula is C28H29F4IN4O2. The average Bonchev–Trinajstić information content (AvgIpc) is 2.90. The van der Waals surface area contributed by atoms with Gasteiger partial charge in [-0.2, -0.15) is 13.2 Å². The van der Waals surface area contributed by atoms with Crippen molar-refractivity contribution in [2.45, 2.75) is 65.1 Å². The lowest BCUT2D eigenvalue weighted by atomic mass is 9.87. The predicted molar refractivity (Wildman–Crippen MR) is 149 cm³/mol. The van der Waals surface area contributed by atoms with E-state index in [9.17, 15) is 22.4 Å². The maximum Gasteiger partial charge on any atom is 0.416 e. The number of carbonyl (C=O) groups excluding carboxylic acids is 1. The van der Waals surface area contributed by atoms with Crippen LogP contribution in [0.2, 0.25) is 0 Å². The third-order valence-corrected chi connectivity index (χ3v) is 7.29. The quantitative estimate of drug-likeness (QED) is 0.148. The van der Waals surface area contributed by atoms with E-state index >= 15 is 0 Å². The minimum Gasteiger partial charge on any atom is -0.449 e. The van der Waals surface area contributed by atoms with Crippen molar-refractivity contribution in [3.8, 4) is 0 Å². The van der Waals surface area contributed by atoms with Gasteiger partial charge in [0.05, 0.1) is 23.9 Å². The topological polar surface area (TPSA) is 58.6 Å². The molecule has 0 fully saturated rings. The van der Waals surface area contributed by atoms with Crippen molar-refractivity contribution in [1.82, 2.24) is 9.97 Å². The lowest BCUT2D eigenvalue weighted by Crippen LogP contribution is -2.48. The van der Waals surface area contributed by atoms with Gasteiger partial charge in [0, 0.05) is 41.4 Å². The molecule has 0 N–H and O–H groups in total. The second-order valence-electron chi connectivity index (χ2n) is 9.43. The van der Waals surface area contributed by atoms with Crippen LogP contribution >= 0.6 is 22.6 Å². The number of alkyl halides is 4. The van der Waals surface area contributed by atoms with Crippen molar-refractivity contribution in [3.05, 3.63) is 80.3 Å². The zero-order valence-corrected chi connectivity index (χ0v) is 24.0. The van der Waals surface area contributed by atoms with Gasteiger partial charge in [0.25, 0.3) is 0 Å². The summed E-state index contributed by atoms with van der Waals surface area (Å²) in [5.74, 6) is 0.519. The molecule has 0 saturated heterocycles. The van der Waals surface area contributed by atoms with Crippen LogP contribution in [0.5, 0.6) is 0 Å². The molecule has 0 saturated carbocycles. The fourth-order valence-electron chi connectivity index (χ4n) is 5.06. The van der Waals surface area contributed by atoms with Gasteiger partial charge < -0.3 is 9.64 Å². The van der Waals surface area contributed by atoms with E-state index in [2.05, 4.69) is 9.97 Å². The summed E-state index contributed by atoms with van der Waals surface area (Å²) in [6.07, 6.45) is -2.34. The first-order chi connectivity index (χ1) is 18.5. The van der Waals surface area contributed by atoms with Crippen molar-refractivity contribution >= 4 is 40.2 Å². The summed E-state index contributed by atoms with van der Waals surface area (Å²) in [7, 11) is 0. The summed E-state index contributed by atoms with van der Waals surface area (Å²) in [5.41, 5.74) is 1.85. The van der Waals surface area contributed by atoms with Crippen molar-refractivity contribution in [2.24, 2.45) is 0 Å². The molecule has 39 heavy (non-hydrogen) atoms. The highest BCUT2D eigenvalue weighted by Crippen LogP contribution is 2.44. The highest BCUT2D eigenvalue weighted by molar-refractivity contribution is 14.1. The monoisotopic (exact) mass is 656 g/mol. The number of carbonyl (C=O) groups is 1. The molecule has 6 nitrogen and oxygen atoms in total. The van der Waals surface area contributed by atoms with Crippen molar-refractivity contribution in [2.75, 3.05) is 16.4 Å². The molecule has 1 aliphatic rings. The Bertz CT molecular complexity index is 1340. The standard InChI is InChI=1S/C28H29F4IN4O2/c1-4-21-14-24(22-10-17(3)6-7-23(22)37(21)27(38)39-5-2)36(25-8-9-34-26(33)35-25)16-19-11-18(15-29)12-20(13-19)28(30,31)32/h6-13,21,24H,4-5,14-16H2,1-3H3/t21-,24+/m1/s1. The number of benzene rings is 2. The van der Waals surface area contributed by atoms with Gasteiger partial charge in [-0.05, 0) is 67.6 Å². The molecule has 2 heterocycles. The number of halogens is 5. The summed E-state index contributed by atoms with van der Waals surface area (Å²) in [4.78, 5) is 25.4. The third-order valence-electron chi connectivity index (χ3n) is 6.77. The van der Waals surface area contributed by atoms with Crippen LogP contribution in [-0.4, -0.2) is 28.7 Å². The summed E-state index contributed by atoms with van der Waals surface area (Å²) in [6, 6.07) is 10.3. The Labute approximate surface area is 238 Å². The van der Waals surface area contributed by atoms with Crippen LogP contribution in [0, 0.1) is 10.8 Å². The van der Waals surface area contributed by atoms with E-state index in [1.165, 1.54) is 6.07 Å². The minimum atomic E-state index is -4.61. The number of nitrogens with zero attached hydrogens (tertiary/aromatic N) is 4. The summed E-state index contributed by atoms with van der Waals surface area (Å²) < 4.78 is 60.5. The molecule has 2 atom stereocenters. The molecule has 1 amide bonds. The van der Waals surface area contributed by atoms with Gasteiger partial charge in [0.2, 0.25) is 0 Å². The first kappa shape index (κ1) is 29.0. The largest absolute Gasteiger partial charge is 0.449 e. The second kappa shape index (κ2) is 12.1. The highest BCUT2D eigenvalue weighted by Gasteiger charge is 2.39. The Hall–Kier alpha value is -2.96. The Morgan fingerprint density at radius 3 is 2.54 bits per heavy atom. The van der Waals surface area contributed by atoms with Gasteiger partial charge in [-0.3, -0.25) is 4.90 Å². The van der Waals surface area contributed by atoms with Crippen LogP contribution in [0.15, 0.2) is 48.7 Å². The number of aromatic nitrogens is 2. The van der Waals surface area contributed by atoms with Crippen molar-refractivity contribution < 1.29 is 27.1 Å².